The summed E-state index contributed by atoms with van der Waals surface area (Å²) in [6, 6.07) is 6.25. The molecule has 22 heavy (non-hydrogen) atoms. The van der Waals surface area contributed by atoms with Crippen LogP contribution in [0.4, 0.5) is 0 Å². The maximum absolute atomic E-state index is 6.18. The molecule has 1 aliphatic carbocycles. The minimum absolute atomic E-state index is 0.854. The molecule has 0 saturated carbocycles. The Labute approximate surface area is 139 Å². The van der Waals surface area contributed by atoms with E-state index in [-0.39, 0.29) is 0 Å². The van der Waals surface area contributed by atoms with Crippen molar-refractivity contribution in [1.29, 1.82) is 0 Å². The summed E-state index contributed by atoms with van der Waals surface area (Å²) in [5, 5.41) is 2.21. The van der Waals surface area contributed by atoms with Gasteiger partial charge in [0.1, 0.15) is 0 Å². The first-order valence-corrected chi connectivity index (χ1v) is 9.44. The molecule has 1 aliphatic rings. The average Bonchev–Trinajstić information content (AvgIpc) is 2.88. The minimum Gasteiger partial charge on any atom is -0.358 e. The van der Waals surface area contributed by atoms with Gasteiger partial charge in [0.15, 0.2) is 0 Å². The van der Waals surface area contributed by atoms with E-state index < -0.39 is 0 Å². The Balaban J connectivity index is 1.56. The normalized spacial score (nSPS) is 17.8. The molecule has 0 amide bonds. The van der Waals surface area contributed by atoms with Gasteiger partial charge in [-0.05, 0) is 48.9 Å². The molecule has 0 fully saturated rings. The summed E-state index contributed by atoms with van der Waals surface area (Å²) >= 11 is 6.18. The van der Waals surface area contributed by atoms with Crippen molar-refractivity contribution in [3.63, 3.8) is 0 Å². The molecule has 1 N–H and O–H groups in total. The molecule has 1 aromatic carbocycles. The van der Waals surface area contributed by atoms with Gasteiger partial charge in [0.25, 0.3) is 0 Å². The lowest BCUT2D eigenvalue weighted by atomic mass is 9.83. The first-order chi connectivity index (χ1) is 10.8. The molecule has 120 valence electrons. The third-order valence-corrected chi connectivity index (χ3v) is 5.45. The summed E-state index contributed by atoms with van der Waals surface area (Å²) in [4.78, 5) is 3.60. The highest BCUT2D eigenvalue weighted by atomic mass is 35.5. The number of aromatic amines is 1. The summed E-state index contributed by atoms with van der Waals surface area (Å²) in [5.74, 6) is 0.872. The van der Waals surface area contributed by atoms with Crippen molar-refractivity contribution in [1.82, 2.24) is 4.98 Å². The van der Waals surface area contributed by atoms with Crippen LogP contribution in [0.15, 0.2) is 18.2 Å². The quantitative estimate of drug-likeness (QED) is 0.548. The molecule has 1 atom stereocenters. The van der Waals surface area contributed by atoms with E-state index in [4.69, 9.17) is 11.6 Å². The fourth-order valence-corrected chi connectivity index (χ4v) is 4.09. The molecule has 0 saturated heterocycles. The summed E-state index contributed by atoms with van der Waals surface area (Å²) in [6.45, 7) is 2.28. The highest BCUT2D eigenvalue weighted by Gasteiger charge is 2.22. The fraction of sp³-hybridized carbons (Fsp3) is 0.600. The Morgan fingerprint density at radius 3 is 2.82 bits per heavy atom. The molecular formula is C20H28ClN. The first kappa shape index (κ1) is 15.9. The number of aryl methyl sites for hydroxylation is 1. The molecule has 0 aliphatic heterocycles. The lowest BCUT2D eigenvalue weighted by Crippen LogP contribution is -2.13. The van der Waals surface area contributed by atoms with Crippen molar-refractivity contribution in [3.8, 4) is 0 Å². The van der Waals surface area contributed by atoms with E-state index in [1.165, 1.54) is 80.8 Å². The molecule has 1 nitrogen and oxygen atoms in total. The Kier molecular flexibility index (Phi) is 5.46. The molecule has 3 rings (SSSR count). The van der Waals surface area contributed by atoms with Crippen LogP contribution in [0.3, 0.4) is 0 Å². The number of fused-ring (bicyclic) bond motifs is 3. The molecule has 1 aromatic heterocycles. The zero-order chi connectivity index (χ0) is 15.4. The lowest BCUT2D eigenvalue weighted by Gasteiger charge is -2.22. The summed E-state index contributed by atoms with van der Waals surface area (Å²) in [6.07, 6.45) is 13.6. The fourth-order valence-electron chi connectivity index (χ4n) is 3.92. The van der Waals surface area contributed by atoms with Crippen molar-refractivity contribution >= 4 is 22.5 Å². The van der Waals surface area contributed by atoms with Crippen LogP contribution in [0.1, 0.15) is 69.5 Å². The minimum atomic E-state index is 0.854. The van der Waals surface area contributed by atoms with Gasteiger partial charge in [0, 0.05) is 21.6 Å². The number of hydrogen-bond donors (Lipinski definition) is 1. The second-order valence-corrected chi connectivity index (χ2v) is 7.37. The predicted octanol–water partition coefficient (Wildman–Crippen LogP) is 6.68. The van der Waals surface area contributed by atoms with Crippen LogP contribution in [0.5, 0.6) is 0 Å². The third kappa shape index (κ3) is 3.68. The van der Waals surface area contributed by atoms with Gasteiger partial charge in [-0.25, -0.2) is 0 Å². The highest BCUT2D eigenvalue weighted by Crippen LogP contribution is 2.34. The van der Waals surface area contributed by atoms with Crippen LogP contribution in [0, 0.1) is 5.92 Å². The number of unbranched alkanes of at least 4 members (excludes halogenated alkanes) is 5. The molecule has 2 heteroatoms. The largest absolute Gasteiger partial charge is 0.358 e. The van der Waals surface area contributed by atoms with Gasteiger partial charge in [-0.1, -0.05) is 63.5 Å². The smallest absolute Gasteiger partial charge is 0.0460 e. The Morgan fingerprint density at radius 1 is 1.14 bits per heavy atom. The maximum Gasteiger partial charge on any atom is 0.0460 e. The topological polar surface area (TPSA) is 15.8 Å². The van der Waals surface area contributed by atoms with E-state index in [2.05, 4.69) is 24.0 Å². The highest BCUT2D eigenvalue weighted by molar-refractivity contribution is 6.31. The SMILES string of the molecule is CCCCCCCCC1CCc2[nH]c3ccc(Cl)cc3c2C1. The number of aromatic nitrogens is 1. The average molecular weight is 318 g/mol. The summed E-state index contributed by atoms with van der Waals surface area (Å²) in [5.41, 5.74) is 4.26. The van der Waals surface area contributed by atoms with Gasteiger partial charge in [-0.15, -0.1) is 0 Å². The van der Waals surface area contributed by atoms with Gasteiger partial charge in [0.05, 0.1) is 0 Å². The molecule has 1 unspecified atom stereocenters. The van der Waals surface area contributed by atoms with Gasteiger partial charge < -0.3 is 4.98 Å². The zero-order valence-electron chi connectivity index (χ0n) is 13.8. The molecule has 1 heterocycles. The van der Waals surface area contributed by atoms with E-state index >= 15 is 0 Å². The van der Waals surface area contributed by atoms with E-state index in [0.717, 1.165) is 10.9 Å². The molecular weight excluding hydrogens is 290 g/mol. The lowest BCUT2D eigenvalue weighted by molar-refractivity contribution is 0.404. The van der Waals surface area contributed by atoms with E-state index in [1.807, 2.05) is 6.07 Å². The number of benzene rings is 1. The van der Waals surface area contributed by atoms with E-state index in [0.29, 0.717) is 0 Å². The van der Waals surface area contributed by atoms with Crippen molar-refractivity contribution in [2.45, 2.75) is 71.1 Å². The number of halogens is 1. The second-order valence-electron chi connectivity index (χ2n) is 6.94. The summed E-state index contributed by atoms with van der Waals surface area (Å²) < 4.78 is 0. The third-order valence-electron chi connectivity index (χ3n) is 5.22. The van der Waals surface area contributed by atoms with Crippen LogP contribution in [-0.2, 0) is 12.8 Å². The Morgan fingerprint density at radius 2 is 1.95 bits per heavy atom. The first-order valence-electron chi connectivity index (χ1n) is 9.07. The van der Waals surface area contributed by atoms with Gasteiger partial charge in [-0.3, -0.25) is 0 Å². The van der Waals surface area contributed by atoms with Gasteiger partial charge in [-0.2, -0.15) is 0 Å². The Bertz CT molecular complexity index is 613. The van der Waals surface area contributed by atoms with Crippen molar-refractivity contribution in [2.24, 2.45) is 5.92 Å². The van der Waals surface area contributed by atoms with Crippen molar-refractivity contribution in [3.05, 3.63) is 34.5 Å². The second kappa shape index (κ2) is 7.55. The standard InChI is InChI=1S/C20H28ClN/c1-2-3-4-5-6-7-8-15-9-11-19-17(13-15)18-14-16(21)10-12-20(18)22-19/h10,12,14-15,22H,2-9,11,13H2,1H3. The van der Waals surface area contributed by atoms with E-state index in [9.17, 15) is 0 Å². The van der Waals surface area contributed by atoms with Crippen molar-refractivity contribution < 1.29 is 0 Å². The number of H-pyrrole nitrogens is 1. The maximum atomic E-state index is 6.18. The zero-order valence-corrected chi connectivity index (χ0v) is 14.5. The van der Waals surface area contributed by atoms with Gasteiger partial charge in [0.2, 0.25) is 0 Å². The van der Waals surface area contributed by atoms with Crippen LogP contribution in [-0.4, -0.2) is 4.98 Å². The van der Waals surface area contributed by atoms with Crippen LogP contribution < -0.4 is 0 Å². The molecule has 0 bridgehead atoms. The molecule has 0 spiro atoms. The van der Waals surface area contributed by atoms with Crippen LogP contribution in [0.25, 0.3) is 10.9 Å². The predicted molar refractivity (Wildman–Crippen MR) is 96.8 cm³/mol. The van der Waals surface area contributed by atoms with E-state index in [1.54, 1.807) is 5.56 Å². The number of hydrogen-bond acceptors (Lipinski definition) is 0. The Hall–Kier alpha value is -0.950. The van der Waals surface area contributed by atoms with Gasteiger partial charge >= 0.3 is 0 Å². The number of nitrogens with one attached hydrogen (secondary N) is 1. The van der Waals surface area contributed by atoms with Crippen LogP contribution >= 0.6 is 11.6 Å². The summed E-state index contributed by atoms with van der Waals surface area (Å²) in [7, 11) is 0. The monoisotopic (exact) mass is 317 g/mol. The number of rotatable bonds is 7. The van der Waals surface area contributed by atoms with Crippen molar-refractivity contribution in [2.75, 3.05) is 0 Å². The van der Waals surface area contributed by atoms with Crippen LogP contribution in [0.2, 0.25) is 5.02 Å². The molecule has 0 radical (unpaired) electrons. The molecule has 2 aromatic rings.